The molecular weight excluding hydrogens is 409 g/mol. The molecule has 0 amide bonds. The van der Waals surface area contributed by atoms with Gasteiger partial charge in [-0.3, -0.25) is 9.97 Å². The predicted molar refractivity (Wildman–Crippen MR) is 123 cm³/mol. The molecule has 6 nitrogen and oxygen atoms in total. The molecule has 0 bridgehead atoms. The number of hydrogen-bond donors (Lipinski definition) is 1. The zero-order valence-corrected chi connectivity index (χ0v) is 18.6. The van der Waals surface area contributed by atoms with Crippen LogP contribution >= 0.6 is 0 Å². The second kappa shape index (κ2) is 11.5. The van der Waals surface area contributed by atoms with Gasteiger partial charge in [0, 0.05) is 22.9 Å². The van der Waals surface area contributed by atoms with Gasteiger partial charge in [0.05, 0.1) is 29.4 Å². The number of benzene rings is 1. The van der Waals surface area contributed by atoms with Gasteiger partial charge in [0.1, 0.15) is 12.4 Å². The van der Waals surface area contributed by atoms with Crippen LogP contribution in [0.4, 0.5) is 0 Å². The van der Waals surface area contributed by atoms with Crippen LogP contribution in [0.5, 0.6) is 5.75 Å². The van der Waals surface area contributed by atoms with Gasteiger partial charge in [0.2, 0.25) is 0 Å². The molecule has 3 rings (SSSR count). The van der Waals surface area contributed by atoms with Crippen LogP contribution in [-0.2, 0) is 21.7 Å². The van der Waals surface area contributed by atoms with Crippen LogP contribution in [0.1, 0.15) is 42.7 Å². The number of aromatic nitrogens is 3. The molecule has 2 atom stereocenters. The molecule has 0 aliphatic heterocycles. The Morgan fingerprint density at radius 2 is 1.90 bits per heavy atom. The van der Waals surface area contributed by atoms with Gasteiger partial charge in [0.25, 0.3) is 0 Å². The number of pyridine rings is 1. The van der Waals surface area contributed by atoms with Crippen molar-refractivity contribution in [2.24, 2.45) is 0 Å². The van der Waals surface area contributed by atoms with E-state index in [0.29, 0.717) is 18.4 Å². The number of nitrogens with one attached hydrogen (secondary N) is 1. The second-order valence-electron chi connectivity index (χ2n) is 7.30. The maximum absolute atomic E-state index is 12.9. The first-order valence-corrected chi connectivity index (χ1v) is 11.2. The quantitative estimate of drug-likeness (QED) is 0.312. The molecule has 0 radical (unpaired) electrons. The molecule has 8 heteroatoms. The van der Waals surface area contributed by atoms with Crippen LogP contribution in [0.25, 0.3) is 11.0 Å². The Balaban J connectivity index is 0.00000320. The van der Waals surface area contributed by atoms with E-state index in [9.17, 15) is 4.55 Å². The van der Waals surface area contributed by atoms with Gasteiger partial charge in [0.15, 0.2) is 5.75 Å². The van der Waals surface area contributed by atoms with Crippen LogP contribution in [0, 0.1) is 20.8 Å². The van der Waals surface area contributed by atoms with Crippen molar-refractivity contribution < 1.29 is 14.0 Å². The summed E-state index contributed by atoms with van der Waals surface area (Å²) < 4.78 is 24.4. The summed E-state index contributed by atoms with van der Waals surface area (Å²) >= 11 is -1.32. The van der Waals surface area contributed by atoms with E-state index in [-0.39, 0.29) is 41.4 Å². The first-order valence-electron chi connectivity index (χ1n) is 9.93. The third kappa shape index (κ3) is 6.22. The van der Waals surface area contributed by atoms with Crippen molar-refractivity contribution in [1.82, 2.24) is 15.0 Å². The zero-order chi connectivity index (χ0) is 21.0. The summed E-state index contributed by atoms with van der Waals surface area (Å²) in [5.41, 5.74) is 5.72. The molecule has 0 spiro atoms. The van der Waals surface area contributed by atoms with Gasteiger partial charge in [-0.05, 0) is 63.4 Å². The molecule has 0 fully saturated rings. The molecule has 1 N–H and O–H groups in total. The van der Waals surface area contributed by atoms with E-state index in [1.807, 2.05) is 39.0 Å². The number of ether oxygens (including phenoxy) is 2. The molecular formula is C22H30N3NaO3S. The van der Waals surface area contributed by atoms with Crippen LogP contribution in [0.2, 0.25) is 0 Å². The van der Waals surface area contributed by atoms with E-state index in [0.717, 1.165) is 34.5 Å². The third-order valence-electron chi connectivity index (χ3n) is 5.14. The number of rotatable bonds is 9. The topological polar surface area (TPSA) is 83.1 Å². The molecule has 2 heterocycles. The summed E-state index contributed by atoms with van der Waals surface area (Å²) in [6, 6.07) is 5.89. The van der Waals surface area contributed by atoms with E-state index in [2.05, 4.69) is 28.8 Å². The molecule has 1 aromatic carbocycles. The van der Waals surface area contributed by atoms with Crippen LogP contribution in [0.3, 0.4) is 0 Å². The number of imidazole rings is 1. The average molecular weight is 440 g/mol. The molecule has 2 aromatic heterocycles. The number of aryl methyl sites for hydroxylation is 2. The number of nitrogens with zero attached hydrogens (tertiary/aromatic N) is 2. The predicted octanol–water partition coefficient (Wildman–Crippen LogP) is 3.74. The van der Waals surface area contributed by atoms with E-state index < -0.39 is 11.2 Å². The molecule has 3 aromatic rings. The molecule has 2 unspecified atom stereocenters. The zero-order valence-electron chi connectivity index (χ0n) is 17.7. The number of aromatic amines is 1. The van der Waals surface area contributed by atoms with E-state index >= 15 is 0 Å². The Hall–Kier alpha value is -1.09. The van der Waals surface area contributed by atoms with Crippen LogP contribution < -0.4 is 4.74 Å². The van der Waals surface area contributed by atoms with Crippen molar-refractivity contribution in [3.8, 4) is 5.75 Å². The van der Waals surface area contributed by atoms with Gasteiger partial charge in [-0.1, -0.05) is 6.92 Å². The molecule has 0 saturated carbocycles. The normalized spacial score (nSPS) is 13.1. The first-order chi connectivity index (χ1) is 13.9. The first kappa shape index (κ1) is 25.2. The van der Waals surface area contributed by atoms with Crippen LogP contribution in [-0.4, -0.2) is 68.4 Å². The minimum absolute atomic E-state index is 0. The Labute approximate surface area is 203 Å². The Kier molecular flexibility index (Phi) is 9.66. The van der Waals surface area contributed by atoms with Crippen molar-refractivity contribution >= 4 is 51.8 Å². The Morgan fingerprint density at radius 3 is 2.63 bits per heavy atom. The molecule has 0 aliphatic rings. The van der Waals surface area contributed by atoms with Gasteiger partial charge in [-0.2, -0.15) is 4.98 Å². The summed E-state index contributed by atoms with van der Waals surface area (Å²) in [7, 11) is 0. The average Bonchev–Trinajstić information content (AvgIpc) is 3.10. The Bertz CT molecular complexity index is 941. The van der Waals surface area contributed by atoms with E-state index in [4.69, 9.17) is 9.47 Å². The summed E-state index contributed by atoms with van der Waals surface area (Å²) in [6.07, 6.45) is 2.90. The standard InChI is InChI=1S/C22H29N3O3S.Na.H/c1-6-16(4)27-9-10-28-21-7-8-23-20(17(21)5)13-29(26)22-24-18-11-14(2)15(3)12-19(18)25-22;;/h7-8,11-12,16H,6,9-10,13H2,1-5H3,(H,24,25);;. The van der Waals surface area contributed by atoms with Crippen molar-refractivity contribution in [3.63, 3.8) is 0 Å². The van der Waals surface area contributed by atoms with Crippen molar-refractivity contribution in [1.29, 1.82) is 0 Å². The number of H-pyrrole nitrogens is 1. The maximum atomic E-state index is 12.9. The van der Waals surface area contributed by atoms with Gasteiger partial charge in [-0.25, -0.2) is 0 Å². The monoisotopic (exact) mass is 439 g/mol. The SMILES string of the molecule is CCC(C)OCCOc1ccnc(C[S+]([O-])c2nc3cc(C)c(C)cc3[nH]2)c1C.[NaH]. The molecule has 0 saturated heterocycles. The van der Waals surface area contributed by atoms with E-state index in [1.54, 1.807) is 6.20 Å². The van der Waals surface area contributed by atoms with Gasteiger partial charge in [-0.15, -0.1) is 0 Å². The summed E-state index contributed by atoms with van der Waals surface area (Å²) in [5.74, 6) is 1.03. The molecule has 30 heavy (non-hydrogen) atoms. The summed E-state index contributed by atoms with van der Waals surface area (Å²) in [5, 5.41) is 0.472. The Morgan fingerprint density at radius 1 is 1.17 bits per heavy atom. The van der Waals surface area contributed by atoms with Crippen molar-refractivity contribution in [2.45, 2.75) is 58.1 Å². The van der Waals surface area contributed by atoms with Gasteiger partial charge >= 0.3 is 34.7 Å². The fourth-order valence-electron chi connectivity index (χ4n) is 2.93. The fourth-order valence-corrected chi connectivity index (χ4v) is 4.03. The second-order valence-corrected chi connectivity index (χ2v) is 8.67. The van der Waals surface area contributed by atoms with Crippen LogP contribution in [0.15, 0.2) is 29.6 Å². The van der Waals surface area contributed by atoms with Crippen molar-refractivity contribution in [2.75, 3.05) is 13.2 Å². The van der Waals surface area contributed by atoms with E-state index in [1.165, 1.54) is 11.1 Å². The molecule has 0 aliphatic carbocycles. The number of hydrogen-bond acceptors (Lipinski definition) is 5. The summed E-state index contributed by atoms with van der Waals surface area (Å²) in [4.78, 5) is 12.1. The van der Waals surface area contributed by atoms with Gasteiger partial charge < -0.3 is 14.0 Å². The third-order valence-corrected chi connectivity index (χ3v) is 6.30. The number of fused-ring (bicyclic) bond motifs is 1. The molecule has 158 valence electrons. The minimum atomic E-state index is -1.32. The fraction of sp³-hybridized carbons (Fsp3) is 0.455. The summed E-state index contributed by atoms with van der Waals surface area (Å²) in [6.45, 7) is 11.2. The van der Waals surface area contributed by atoms with Crippen molar-refractivity contribution in [3.05, 3.63) is 46.8 Å².